The van der Waals surface area contributed by atoms with E-state index in [1.165, 1.54) is 6.07 Å². The first-order chi connectivity index (χ1) is 11.1. The molecule has 23 heavy (non-hydrogen) atoms. The van der Waals surface area contributed by atoms with Gasteiger partial charge in [-0.15, -0.1) is 0 Å². The Morgan fingerprint density at radius 1 is 1.26 bits per heavy atom. The Labute approximate surface area is 132 Å². The molecule has 0 radical (unpaired) electrons. The standard InChI is InChI=1S/C16H17N5O2/c1-10(9-17-13-8-14(22)19-11(2)18-13)16-20-15(21-23-16)12-6-4-3-5-7-12/h3-8,10H,9H2,1-2H3,(H2,17,18,19,22). The number of hydrogen-bond acceptors (Lipinski definition) is 6. The van der Waals surface area contributed by atoms with Gasteiger partial charge in [-0.2, -0.15) is 4.98 Å². The molecule has 0 aliphatic heterocycles. The van der Waals surface area contributed by atoms with Crippen molar-refractivity contribution in [3.05, 3.63) is 58.5 Å². The van der Waals surface area contributed by atoms with Crippen LogP contribution in [0.5, 0.6) is 0 Å². The Morgan fingerprint density at radius 3 is 2.78 bits per heavy atom. The second kappa shape index (κ2) is 6.43. The minimum Gasteiger partial charge on any atom is -0.369 e. The van der Waals surface area contributed by atoms with Crippen molar-refractivity contribution in [2.24, 2.45) is 0 Å². The van der Waals surface area contributed by atoms with Crippen LogP contribution in [0.2, 0.25) is 0 Å². The predicted octanol–water partition coefficient (Wildman–Crippen LogP) is 2.34. The zero-order valence-corrected chi connectivity index (χ0v) is 12.9. The van der Waals surface area contributed by atoms with Gasteiger partial charge >= 0.3 is 0 Å². The average molecular weight is 311 g/mol. The molecule has 1 atom stereocenters. The molecule has 1 unspecified atom stereocenters. The number of H-pyrrole nitrogens is 1. The van der Waals surface area contributed by atoms with E-state index >= 15 is 0 Å². The zero-order chi connectivity index (χ0) is 16.2. The molecule has 0 fully saturated rings. The van der Waals surface area contributed by atoms with Crippen LogP contribution < -0.4 is 10.9 Å². The third-order valence-corrected chi connectivity index (χ3v) is 3.34. The average Bonchev–Trinajstić information content (AvgIpc) is 3.03. The summed E-state index contributed by atoms with van der Waals surface area (Å²) in [5.74, 6) is 2.19. The van der Waals surface area contributed by atoms with Crippen molar-refractivity contribution in [2.45, 2.75) is 19.8 Å². The van der Waals surface area contributed by atoms with Gasteiger partial charge in [0.05, 0.1) is 5.92 Å². The Hall–Kier alpha value is -2.96. The van der Waals surface area contributed by atoms with E-state index in [1.54, 1.807) is 6.92 Å². The maximum Gasteiger partial charge on any atom is 0.252 e. The van der Waals surface area contributed by atoms with Crippen LogP contribution >= 0.6 is 0 Å². The zero-order valence-electron chi connectivity index (χ0n) is 12.9. The molecule has 0 spiro atoms. The van der Waals surface area contributed by atoms with Crippen LogP contribution in [0.25, 0.3) is 11.4 Å². The summed E-state index contributed by atoms with van der Waals surface area (Å²) < 4.78 is 5.33. The molecule has 2 N–H and O–H groups in total. The third-order valence-electron chi connectivity index (χ3n) is 3.34. The highest BCUT2D eigenvalue weighted by Crippen LogP contribution is 2.19. The number of nitrogens with zero attached hydrogens (tertiary/aromatic N) is 3. The summed E-state index contributed by atoms with van der Waals surface area (Å²) in [5, 5.41) is 7.12. The summed E-state index contributed by atoms with van der Waals surface area (Å²) in [6, 6.07) is 11.1. The van der Waals surface area contributed by atoms with Crippen LogP contribution in [-0.2, 0) is 0 Å². The molecule has 3 rings (SSSR count). The topological polar surface area (TPSA) is 96.7 Å². The SMILES string of the molecule is Cc1nc(NCC(C)c2nc(-c3ccccc3)no2)cc(=O)[nH]1. The van der Waals surface area contributed by atoms with Crippen LogP contribution in [0, 0.1) is 6.92 Å². The van der Waals surface area contributed by atoms with Crippen LogP contribution in [0.1, 0.15) is 24.6 Å². The van der Waals surface area contributed by atoms with Gasteiger partial charge in [0.1, 0.15) is 11.6 Å². The maximum absolute atomic E-state index is 11.4. The van der Waals surface area contributed by atoms with E-state index in [9.17, 15) is 4.79 Å². The molecule has 2 aromatic heterocycles. The molecule has 2 heterocycles. The lowest BCUT2D eigenvalue weighted by Gasteiger charge is -2.09. The highest BCUT2D eigenvalue weighted by molar-refractivity contribution is 5.53. The fraction of sp³-hybridized carbons (Fsp3) is 0.250. The van der Waals surface area contributed by atoms with Gasteiger partial charge in [-0.05, 0) is 6.92 Å². The van der Waals surface area contributed by atoms with Gasteiger partial charge in [-0.1, -0.05) is 42.4 Å². The quantitative estimate of drug-likeness (QED) is 0.750. The van der Waals surface area contributed by atoms with Gasteiger partial charge in [-0.25, -0.2) is 4.98 Å². The molecule has 118 valence electrons. The fourth-order valence-electron chi connectivity index (χ4n) is 2.15. The smallest absolute Gasteiger partial charge is 0.252 e. The molecule has 1 aromatic carbocycles. The van der Waals surface area contributed by atoms with Gasteiger partial charge in [0.2, 0.25) is 11.7 Å². The number of benzene rings is 1. The van der Waals surface area contributed by atoms with E-state index in [1.807, 2.05) is 37.3 Å². The normalized spacial score (nSPS) is 12.1. The van der Waals surface area contributed by atoms with E-state index in [0.717, 1.165) is 5.56 Å². The first-order valence-electron chi connectivity index (χ1n) is 7.32. The van der Waals surface area contributed by atoms with Gasteiger partial charge in [0.25, 0.3) is 5.56 Å². The maximum atomic E-state index is 11.4. The van der Waals surface area contributed by atoms with Crippen LogP contribution in [-0.4, -0.2) is 26.7 Å². The summed E-state index contributed by atoms with van der Waals surface area (Å²) in [4.78, 5) is 22.7. The summed E-state index contributed by atoms with van der Waals surface area (Å²) in [6.07, 6.45) is 0. The van der Waals surface area contributed by atoms with Crippen molar-refractivity contribution >= 4 is 5.82 Å². The van der Waals surface area contributed by atoms with Crippen molar-refractivity contribution in [3.8, 4) is 11.4 Å². The minimum absolute atomic E-state index is 0.0126. The van der Waals surface area contributed by atoms with E-state index in [0.29, 0.717) is 29.9 Å². The Kier molecular flexibility index (Phi) is 4.18. The Balaban J connectivity index is 1.68. The number of nitrogens with one attached hydrogen (secondary N) is 2. The van der Waals surface area contributed by atoms with E-state index in [4.69, 9.17) is 4.52 Å². The molecular weight excluding hydrogens is 294 g/mol. The fourth-order valence-corrected chi connectivity index (χ4v) is 2.15. The number of hydrogen-bond donors (Lipinski definition) is 2. The number of aryl methyl sites for hydroxylation is 1. The largest absolute Gasteiger partial charge is 0.369 e. The van der Waals surface area contributed by atoms with Crippen molar-refractivity contribution in [3.63, 3.8) is 0 Å². The summed E-state index contributed by atoms with van der Waals surface area (Å²) in [5.41, 5.74) is 0.728. The van der Waals surface area contributed by atoms with Gasteiger partial charge in [-0.3, -0.25) is 4.79 Å². The third kappa shape index (κ3) is 3.63. The van der Waals surface area contributed by atoms with Gasteiger partial charge in [0, 0.05) is 18.2 Å². The molecule has 0 amide bonds. The van der Waals surface area contributed by atoms with Crippen molar-refractivity contribution in [1.29, 1.82) is 0 Å². The van der Waals surface area contributed by atoms with Crippen LogP contribution in [0.4, 0.5) is 5.82 Å². The van der Waals surface area contributed by atoms with Gasteiger partial charge < -0.3 is 14.8 Å². The molecule has 0 bridgehead atoms. The van der Waals surface area contributed by atoms with Crippen LogP contribution in [0.3, 0.4) is 0 Å². The molecule has 0 saturated heterocycles. The highest BCUT2D eigenvalue weighted by atomic mass is 16.5. The molecule has 7 heteroatoms. The molecule has 0 saturated carbocycles. The lowest BCUT2D eigenvalue weighted by atomic mass is 10.2. The number of rotatable bonds is 5. The van der Waals surface area contributed by atoms with Crippen molar-refractivity contribution < 1.29 is 4.52 Å². The summed E-state index contributed by atoms with van der Waals surface area (Å²) >= 11 is 0. The molecule has 7 nitrogen and oxygen atoms in total. The molecular formula is C16H17N5O2. The second-order valence-corrected chi connectivity index (χ2v) is 5.32. The first-order valence-corrected chi connectivity index (χ1v) is 7.32. The van der Waals surface area contributed by atoms with E-state index in [2.05, 4.69) is 25.4 Å². The summed E-state index contributed by atoms with van der Waals surface area (Å²) in [6.45, 7) is 4.24. The molecule has 0 aliphatic rings. The predicted molar refractivity (Wildman–Crippen MR) is 86.2 cm³/mol. The van der Waals surface area contributed by atoms with Crippen LogP contribution in [0.15, 0.2) is 45.7 Å². The number of aromatic nitrogens is 4. The molecule has 0 aliphatic carbocycles. The van der Waals surface area contributed by atoms with Crippen molar-refractivity contribution in [1.82, 2.24) is 20.1 Å². The first kappa shape index (κ1) is 15.0. The van der Waals surface area contributed by atoms with E-state index in [-0.39, 0.29) is 11.5 Å². The Morgan fingerprint density at radius 2 is 2.04 bits per heavy atom. The molecule has 3 aromatic rings. The Bertz CT molecular complexity index is 841. The number of aromatic amines is 1. The van der Waals surface area contributed by atoms with Crippen molar-refractivity contribution in [2.75, 3.05) is 11.9 Å². The lowest BCUT2D eigenvalue weighted by molar-refractivity contribution is 0.363. The number of anilines is 1. The minimum atomic E-state index is -0.184. The monoisotopic (exact) mass is 311 g/mol. The van der Waals surface area contributed by atoms with E-state index < -0.39 is 0 Å². The van der Waals surface area contributed by atoms with Gasteiger partial charge in [0.15, 0.2) is 0 Å². The summed E-state index contributed by atoms with van der Waals surface area (Å²) in [7, 11) is 0. The highest BCUT2D eigenvalue weighted by Gasteiger charge is 2.15. The second-order valence-electron chi connectivity index (χ2n) is 5.32. The lowest BCUT2D eigenvalue weighted by Crippen LogP contribution is -2.15.